The van der Waals surface area contributed by atoms with E-state index in [0.717, 1.165) is 12.8 Å². The van der Waals surface area contributed by atoms with E-state index >= 15 is 0 Å². The van der Waals surface area contributed by atoms with Crippen molar-refractivity contribution in [3.8, 4) is 0 Å². The Hall–Kier alpha value is -3.76. The summed E-state index contributed by atoms with van der Waals surface area (Å²) in [6.07, 6.45) is 3.51. The topological polar surface area (TPSA) is 168 Å². The number of nitrogens with zero attached hydrogens (tertiary/aromatic N) is 1. The van der Waals surface area contributed by atoms with Crippen molar-refractivity contribution >= 4 is 35.3 Å². The highest BCUT2D eigenvalue weighted by molar-refractivity contribution is 6.37. The molecule has 1 unspecified atom stereocenters. The lowest BCUT2D eigenvalue weighted by Gasteiger charge is -2.38. The van der Waals surface area contributed by atoms with Gasteiger partial charge in [0.2, 0.25) is 17.6 Å². The predicted octanol–water partition coefficient (Wildman–Crippen LogP) is 3.21. The van der Waals surface area contributed by atoms with Crippen molar-refractivity contribution in [3.05, 3.63) is 35.9 Å². The minimum atomic E-state index is -1.10. The van der Waals surface area contributed by atoms with Gasteiger partial charge in [0, 0.05) is 12.1 Å². The summed E-state index contributed by atoms with van der Waals surface area (Å²) >= 11 is 0. The molecule has 46 heavy (non-hydrogen) atoms. The van der Waals surface area contributed by atoms with Crippen molar-refractivity contribution < 1.29 is 28.8 Å². The first-order valence-electron chi connectivity index (χ1n) is 16.6. The van der Waals surface area contributed by atoms with Crippen molar-refractivity contribution in [2.45, 2.75) is 105 Å². The van der Waals surface area contributed by atoms with Crippen molar-refractivity contribution in [3.63, 3.8) is 0 Å². The lowest BCUT2D eigenvalue weighted by molar-refractivity contribution is -0.145. The highest BCUT2D eigenvalue weighted by Gasteiger charge is 2.70. The number of hydrogen-bond donors (Lipinski definition) is 4. The molecule has 0 bridgehead atoms. The van der Waals surface area contributed by atoms with E-state index in [4.69, 9.17) is 5.73 Å². The molecular weight excluding hydrogens is 586 g/mol. The number of nitrogens with two attached hydrogens (primary N) is 1. The Kier molecular flexibility index (Phi) is 10.3. The maximum atomic E-state index is 14.3. The van der Waals surface area contributed by atoms with Crippen molar-refractivity contribution in [1.29, 1.82) is 0 Å². The van der Waals surface area contributed by atoms with Gasteiger partial charge in [0.15, 0.2) is 5.78 Å². The number of benzene rings is 1. The van der Waals surface area contributed by atoms with Crippen LogP contribution in [0.3, 0.4) is 0 Å². The van der Waals surface area contributed by atoms with Gasteiger partial charge < -0.3 is 26.6 Å². The second kappa shape index (κ2) is 13.5. The van der Waals surface area contributed by atoms with Crippen LogP contribution >= 0.6 is 0 Å². The molecule has 1 aromatic carbocycles. The quantitative estimate of drug-likeness (QED) is 0.181. The number of ketones is 2. The number of primary amides is 1. The molecule has 5 amide bonds. The number of fused-ring (bicyclic) bond motifs is 1. The summed E-state index contributed by atoms with van der Waals surface area (Å²) in [5.74, 6) is -3.00. The molecule has 3 aliphatic rings. The predicted molar refractivity (Wildman–Crippen MR) is 173 cm³/mol. The summed E-state index contributed by atoms with van der Waals surface area (Å²) in [7, 11) is 0. The zero-order chi connectivity index (χ0) is 34.1. The standard InChI is InChI=1S/C35H51N5O6/c1-8-20(9-2)25(27(41)21-13-11-10-12-14-21)38-33(46)39-29(34(3,4)5)32(45)40-18-22-24(35(22,6)7)26(40)31(44)37-23(17-19-15-16-19)28(42)30(36)43/h10-14,19-20,22-26,29H,8-9,15-18H2,1-7H3,(H2,36,43)(H,37,44)(H2,38,39,46)/t22-,23?,24-,25-,26-,29+/m0/s1. The molecule has 1 heterocycles. The maximum Gasteiger partial charge on any atom is 0.316 e. The molecule has 0 spiro atoms. The number of rotatable bonds is 14. The van der Waals surface area contributed by atoms with Gasteiger partial charge in [-0.05, 0) is 40.9 Å². The van der Waals surface area contributed by atoms with Gasteiger partial charge in [-0.25, -0.2) is 4.79 Å². The van der Waals surface area contributed by atoms with Crippen LogP contribution in [0.2, 0.25) is 0 Å². The average Bonchev–Trinajstić information content (AvgIpc) is 3.85. The Balaban J connectivity index is 1.55. The van der Waals surface area contributed by atoms with Crippen LogP contribution in [0, 0.1) is 34.5 Å². The fraction of sp³-hybridized carbons (Fsp3) is 0.657. The molecule has 1 saturated heterocycles. The molecule has 252 valence electrons. The van der Waals surface area contributed by atoms with Crippen LogP contribution in [0.4, 0.5) is 4.79 Å². The molecule has 4 rings (SSSR count). The number of urea groups is 1. The Labute approximate surface area is 272 Å². The van der Waals surface area contributed by atoms with Gasteiger partial charge >= 0.3 is 6.03 Å². The van der Waals surface area contributed by atoms with Crippen LogP contribution in [0.1, 0.15) is 90.9 Å². The molecule has 11 nitrogen and oxygen atoms in total. The largest absolute Gasteiger partial charge is 0.363 e. The number of Topliss-reactive ketones (excluding diaryl/α,β-unsaturated/α-hetero) is 2. The van der Waals surface area contributed by atoms with Crippen molar-refractivity contribution in [2.24, 2.45) is 40.2 Å². The molecule has 2 aliphatic carbocycles. The van der Waals surface area contributed by atoms with Gasteiger partial charge in [-0.3, -0.25) is 24.0 Å². The normalized spacial score (nSPS) is 23.5. The van der Waals surface area contributed by atoms with E-state index in [1.165, 1.54) is 4.90 Å². The summed E-state index contributed by atoms with van der Waals surface area (Å²) in [5, 5.41) is 8.49. The van der Waals surface area contributed by atoms with E-state index in [1.54, 1.807) is 24.3 Å². The highest BCUT2D eigenvalue weighted by Crippen LogP contribution is 2.65. The third kappa shape index (κ3) is 7.44. The van der Waals surface area contributed by atoms with Crippen LogP contribution in [0.5, 0.6) is 0 Å². The summed E-state index contributed by atoms with van der Waals surface area (Å²) in [5.41, 5.74) is 4.85. The molecule has 5 N–H and O–H groups in total. The third-order valence-corrected chi connectivity index (χ3v) is 10.4. The average molecular weight is 638 g/mol. The molecule has 3 fully saturated rings. The number of nitrogens with one attached hydrogen (secondary N) is 3. The number of piperidine rings is 1. The van der Waals surface area contributed by atoms with Gasteiger partial charge in [0.25, 0.3) is 5.91 Å². The Morgan fingerprint density at radius 3 is 2.09 bits per heavy atom. The van der Waals surface area contributed by atoms with Gasteiger partial charge in [0.05, 0.1) is 12.1 Å². The van der Waals surface area contributed by atoms with Crippen LogP contribution in [-0.2, 0) is 19.2 Å². The summed E-state index contributed by atoms with van der Waals surface area (Å²) in [6.45, 7) is 13.9. The van der Waals surface area contributed by atoms with E-state index in [1.807, 2.05) is 40.7 Å². The molecule has 2 saturated carbocycles. The Bertz CT molecular complexity index is 1350. The van der Waals surface area contributed by atoms with Crippen LogP contribution in [0.25, 0.3) is 0 Å². The summed E-state index contributed by atoms with van der Waals surface area (Å²) in [4.78, 5) is 81.2. The first kappa shape index (κ1) is 35.1. The third-order valence-electron chi connectivity index (χ3n) is 10.4. The second-order valence-electron chi connectivity index (χ2n) is 15.1. The van der Waals surface area contributed by atoms with E-state index in [-0.39, 0.29) is 34.9 Å². The van der Waals surface area contributed by atoms with Crippen LogP contribution in [0.15, 0.2) is 30.3 Å². The number of hydrogen-bond acceptors (Lipinski definition) is 6. The Morgan fingerprint density at radius 1 is 0.957 bits per heavy atom. The van der Waals surface area contributed by atoms with Gasteiger partial charge in [0.1, 0.15) is 12.1 Å². The lowest BCUT2D eigenvalue weighted by Crippen LogP contribution is -2.62. The Morgan fingerprint density at radius 2 is 1.57 bits per heavy atom. The van der Waals surface area contributed by atoms with Crippen LogP contribution in [-0.4, -0.2) is 70.9 Å². The molecule has 0 aromatic heterocycles. The molecule has 1 aliphatic heterocycles. The fourth-order valence-corrected chi connectivity index (χ4v) is 7.23. The number of amides is 5. The smallest absolute Gasteiger partial charge is 0.316 e. The second-order valence-corrected chi connectivity index (χ2v) is 15.1. The monoisotopic (exact) mass is 637 g/mol. The van der Waals surface area contributed by atoms with E-state index in [2.05, 4.69) is 29.8 Å². The SMILES string of the molecule is CCC(CC)[C@H](NC(=O)N[C@H](C(=O)N1C[C@H]2[C@@H]([C@H]1C(=O)NC(CC1CC1)C(=O)C(N)=O)C2(C)C)C(C)(C)C)C(=O)c1ccccc1. The van der Waals surface area contributed by atoms with E-state index in [0.29, 0.717) is 31.4 Å². The molecule has 6 atom stereocenters. The van der Waals surface area contributed by atoms with Gasteiger partial charge in [-0.2, -0.15) is 0 Å². The van der Waals surface area contributed by atoms with Gasteiger partial charge in [-0.1, -0.05) is 104 Å². The van der Waals surface area contributed by atoms with Crippen molar-refractivity contribution in [1.82, 2.24) is 20.9 Å². The van der Waals surface area contributed by atoms with Gasteiger partial charge in [-0.15, -0.1) is 0 Å². The number of carbonyl (C=O) groups is 6. The lowest BCUT2D eigenvalue weighted by atomic mass is 9.85. The summed E-state index contributed by atoms with van der Waals surface area (Å²) < 4.78 is 0. The maximum absolute atomic E-state index is 14.3. The molecule has 1 aromatic rings. The minimum Gasteiger partial charge on any atom is -0.363 e. The minimum absolute atomic E-state index is 0.0677. The zero-order valence-electron chi connectivity index (χ0n) is 28.2. The summed E-state index contributed by atoms with van der Waals surface area (Å²) in [6, 6.07) is 4.44. The number of likely N-dealkylation sites (tertiary alicyclic amines) is 1. The van der Waals surface area contributed by atoms with Crippen LogP contribution < -0.4 is 21.7 Å². The first-order chi connectivity index (χ1) is 21.5. The molecule has 0 radical (unpaired) electrons. The zero-order valence-corrected chi connectivity index (χ0v) is 28.2. The molecule has 11 heteroatoms. The van der Waals surface area contributed by atoms with E-state index < -0.39 is 59.1 Å². The fourth-order valence-electron chi connectivity index (χ4n) is 7.23. The first-order valence-corrected chi connectivity index (χ1v) is 16.6. The van der Waals surface area contributed by atoms with E-state index in [9.17, 15) is 28.8 Å². The number of carbonyl (C=O) groups excluding carboxylic acids is 6. The highest BCUT2D eigenvalue weighted by atomic mass is 16.2. The molecular formula is C35H51N5O6. The van der Waals surface area contributed by atoms with Crippen molar-refractivity contribution in [2.75, 3.05) is 6.54 Å².